The normalized spacial score (nSPS) is 12.4. The molecule has 31 heavy (non-hydrogen) atoms. The van der Waals surface area contributed by atoms with E-state index in [1.807, 2.05) is 0 Å². The predicted octanol–water partition coefficient (Wildman–Crippen LogP) is -4.58. The minimum Gasteiger partial charge on any atom is -1.00 e. The molecule has 0 spiro atoms. The Kier molecular flexibility index (Phi) is 13.0. The van der Waals surface area contributed by atoms with Crippen molar-refractivity contribution in [3.63, 3.8) is 0 Å². The van der Waals surface area contributed by atoms with Crippen LogP contribution in [-0.4, -0.2) is 8.07 Å². The zero-order chi connectivity index (χ0) is 18.7. The van der Waals surface area contributed by atoms with E-state index in [1.54, 1.807) is 5.20 Å². The molecule has 158 valence electrons. The van der Waals surface area contributed by atoms with Gasteiger partial charge in [-0.15, -0.1) is 0 Å². The summed E-state index contributed by atoms with van der Waals surface area (Å²) < 4.78 is 0. The number of halogens is 3. The molecule has 3 aromatic rings. The zero-order valence-corrected chi connectivity index (χ0v) is 22.5. The Morgan fingerprint density at radius 3 is 1.32 bits per heavy atom. The van der Waals surface area contributed by atoms with Gasteiger partial charge in [0.25, 0.3) is 0 Å². The summed E-state index contributed by atoms with van der Waals surface area (Å²) in [5.41, 5.74) is 1.40. The SMILES string of the molecule is CC(C)C1=C([Si](c2ccccc2)(c2ccccc2)c2ccccc2)CC=[C-]1.[Cl-].[Cl-].[Cl-].[Ti+4]. The molecule has 3 aromatic carbocycles. The summed E-state index contributed by atoms with van der Waals surface area (Å²) in [6.45, 7) is 4.59. The van der Waals surface area contributed by atoms with Gasteiger partial charge in [-0.25, -0.2) is 10.8 Å². The largest absolute Gasteiger partial charge is 4.00 e. The minimum absolute atomic E-state index is 0. The number of hydrogen-bond donors (Lipinski definition) is 0. The van der Waals surface area contributed by atoms with Crippen LogP contribution >= 0.6 is 0 Å². The van der Waals surface area contributed by atoms with Gasteiger partial charge in [0, 0.05) is 0 Å². The van der Waals surface area contributed by atoms with Crippen molar-refractivity contribution in [3.8, 4) is 0 Å². The van der Waals surface area contributed by atoms with Crippen molar-refractivity contribution in [1.29, 1.82) is 0 Å². The molecule has 0 bridgehead atoms. The third-order valence-corrected chi connectivity index (χ3v) is 10.5. The third-order valence-electron chi connectivity index (χ3n) is 5.54. The quantitative estimate of drug-likeness (QED) is 0.181. The first-order valence-corrected chi connectivity index (χ1v) is 11.7. The molecular formula is C26H25Cl3SiTi. The molecule has 0 unspecified atom stereocenters. The van der Waals surface area contributed by atoms with E-state index in [1.165, 1.54) is 21.1 Å². The molecule has 0 nitrogen and oxygen atoms in total. The molecule has 5 heteroatoms. The fraction of sp³-hybridized carbons (Fsp3) is 0.154. The Balaban J connectivity index is 0.00000225. The van der Waals surface area contributed by atoms with Gasteiger partial charge in [-0.2, -0.15) is 6.08 Å². The van der Waals surface area contributed by atoms with Gasteiger partial charge in [-0.3, -0.25) is 6.08 Å². The van der Waals surface area contributed by atoms with Gasteiger partial charge in [0.1, 0.15) is 0 Å². The van der Waals surface area contributed by atoms with E-state index in [4.69, 9.17) is 0 Å². The number of allylic oxidation sites excluding steroid dienone is 4. The summed E-state index contributed by atoms with van der Waals surface area (Å²) in [7, 11) is -2.33. The molecule has 1 aliphatic carbocycles. The molecule has 0 saturated heterocycles. The van der Waals surface area contributed by atoms with Gasteiger partial charge in [0.15, 0.2) is 0 Å². The monoisotopic (exact) mass is 518 g/mol. The van der Waals surface area contributed by atoms with E-state index >= 15 is 0 Å². The summed E-state index contributed by atoms with van der Waals surface area (Å²) in [5, 5.41) is 5.94. The van der Waals surface area contributed by atoms with Gasteiger partial charge < -0.3 is 37.2 Å². The van der Waals surface area contributed by atoms with Crippen LogP contribution in [0.3, 0.4) is 0 Å². The predicted molar refractivity (Wildman–Crippen MR) is 118 cm³/mol. The van der Waals surface area contributed by atoms with Crippen LogP contribution in [0.2, 0.25) is 0 Å². The molecule has 1 aliphatic rings. The number of rotatable bonds is 5. The molecule has 4 rings (SSSR count). The van der Waals surface area contributed by atoms with Crippen molar-refractivity contribution >= 4 is 23.6 Å². The van der Waals surface area contributed by atoms with E-state index in [2.05, 4.69) is 117 Å². The summed E-state index contributed by atoms with van der Waals surface area (Å²) in [6.07, 6.45) is 6.85. The maximum absolute atomic E-state index is 3.61. The summed E-state index contributed by atoms with van der Waals surface area (Å²) in [5.74, 6) is 0.474. The van der Waals surface area contributed by atoms with Crippen LogP contribution in [0.15, 0.2) is 108 Å². The summed E-state index contributed by atoms with van der Waals surface area (Å²) >= 11 is 0. The van der Waals surface area contributed by atoms with Crippen molar-refractivity contribution in [2.75, 3.05) is 0 Å². The van der Waals surface area contributed by atoms with Crippen molar-refractivity contribution in [2.45, 2.75) is 20.3 Å². The van der Waals surface area contributed by atoms with Crippen LogP contribution in [0.5, 0.6) is 0 Å². The fourth-order valence-electron chi connectivity index (χ4n) is 4.42. The Morgan fingerprint density at radius 2 is 1.00 bits per heavy atom. The van der Waals surface area contributed by atoms with Gasteiger partial charge in [0.05, 0.1) is 8.07 Å². The fourth-order valence-corrected chi connectivity index (χ4v) is 9.71. The average Bonchev–Trinajstić information content (AvgIpc) is 3.22. The molecule has 0 fully saturated rings. The molecular weight excluding hydrogens is 495 g/mol. The van der Waals surface area contributed by atoms with Crippen LogP contribution in [0, 0.1) is 12.0 Å². The first-order chi connectivity index (χ1) is 13.2. The van der Waals surface area contributed by atoms with Crippen molar-refractivity contribution < 1.29 is 58.9 Å². The third kappa shape index (κ3) is 5.66. The van der Waals surface area contributed by atoms with E-state index in [0.717, 1.165) is 6.42 Å². The molecule has 0 radical (unpaired) electrons. The average molecular weight is 520 g/mol. The first kappa shape index (κ1) is 29.9. The smallest absolute Gasteiger partial charge is 1.00 e. The van der Waals surface area contributed by atoms with Crippen LogP contribution in [-0.2, 0) is 21.7 Å². The standard InChI is InChI=1S/C26H25Si.3ClH.Ti/c1-21(2)25-19-12-20-26(25)27(22-13-6-3-7-14-22,23-15-8-4-9-16-23)24-17-10-5-11-18-24;;;;/h3-18,21H,20H2,1-2H3;3*1H;/q-1;;;;+4/p-3. The van der Waals surface area contributed by atoms with E-state index in [0.29, 0.717) is 5.92 Å². The molecule has 0 heterocycles. The van der Waals surface area contributed by atoms with Gasteiger partial charge >= 0.3 is 21.7 Å². The summed E-state index contributed by atoms with van der Waals surface area (Å²) in [4.78, 5) is 0. The van der Waals surface area contributed by atoms with Crippen LogP contribution in [0.25, 0.3) is 0 Å². The van der Waals surface area contributed by atoms with Crippen molar-refractivity contribution in [2.24, 2.45) is 5.92 Å². The Hall–Kier alpha value is -1.06. The van der Waals surface area contributed by atoms with E-state index < -0.39 is 8.07 Å². The Bertz CT molecular complexity index is 875. The number of hydrogen-bond acceptors (Lipinski definition) is 0. The second kappa shape index (κ2) is 13.5. The zero-order valence-electron chi connectivity index (χ0n) is 17.7. The maximum Gasteiger partial charge on any atom is 4.00 e. The summed E-state index contributed by atoms with van der Waals surface area (Å²) in [6, 6.07) is 33.4. The Labute approximate surface area is 221 Å². The van der Waals surface area contributed by atoms with Gasteiger partial charge in [-0.05, 0) is 0 Å². The topological polar surface area (TPSA) is 0 Å². The number of benzene rings is 3. The van der Waals surface area contributed by atoms with Crippen LogP contribution in [0.4, 0.5) is 0 Å². The second-order valence-corrected chi connectivity index (χ2v) is 11.3. The Morgan fingerprint density at radius 1 is 0.645 bits per heavy atom. The molecule has 0 saturated carbocycles. The molecule has 0 atom stereocenters. The molecule has 0 aromatic heterocycles. The first-order valence-electron chi connectivity index (χ1n) is 9.73. The van der Waals surface area contributed by atoms with E-state index in [-0.39, 0.29) is 58.9 Å². The van der Waals surface area contributed by atoms with Crippen LogP contribution < -0.4 is 52.8 Å². The van der Waals surface area contributed by atoms with Gasteiger partial charge in [-0.1, -0.05) is 133 Å². The second-order valence-electron chi connectivity index (χ2n) is 7.45. The maximum atomic E-state index is 3.61. The molecule has 0 aliphatic heterocycles. The van der Waals surface area contributed by atoms with E-state index in [9.17, 15) is 0 Å². The molecule has 0 N–H and O–H groups in total. The van der Waals surface area contributed by atoms with Crippen molar-refractivity contribution in [3.05, 3.63) is 114 Å². The van der Waals surface area contributed by atoms with Crippen LogP contribution in [0.1, 0.15) is 20.3 Å². The van der Waals surface area contributed by atoms with Gasteiger partial charge in [0.2, 0.25) is 0 Å². The minimum atomic E-state index is -2.33. The molecule has 0 amide bonds. The van der Waals surface area contributed by atoms with Crippen molar-refractivity contribution in [1.82, 2.24) is 0 Å².